The van der Waals surface area contributed by atoms with Crippen LogP contribution >= 0.6 is 15.9 Å². The molecule has 0 bridgehead atoms. The molecule has 0 aliphatic carbocycles. The van der Waals surface area contributed by atoms with Gasteiger partial charge in [0, 0.05) is 36.7 Å². The number of carboxylic acids is 1. The number of anilines is 1. The number of urea groups is 1. The zero-order chi connectivity index (χ0) is 16.5. The molecule has 0 saturated heterocycles. The Kier molecular flexibility index (Phi) is 7.38. The smallest absolute Gasteiger partial charge is 0.319 e. The van der Waals surface area contributed by atoms with E-state index in [0.29, 0.717) is 5.69 Å². The minimum Gasteiger partial charge on any atom is -0.481 e. The number of benzene rings is 1. The molecule has 0 unspecified atom stereocenters. The third-order valence-corrected chi connectivity index (χ3v) is 3.34. The quantitative estimate of drug-likeness (QED) is 0.681. The lowest BCUT2D eigenvalue weighted by Gasteiger charge is -2.16. The molecule has 22 heavy (non-hydrogen) atoms. The van der Waals surface area contributed by atoms with Crippen LogP contribution in [0.4, 0.5) is 10.5 Å². The molecular weight excluding hydrogens is 354 g/mol. The Bertz CT molecular complexity index is 533. The van der Waals surface area contributed by atoms with Crippen molar-refractivity contribution in [2.45, 2.75) is 12.8 Å². The van der Waals surface area contributed by atoms with Crippen LogP contribution in [-0.4, -0.2) is 48.1 Å². The van der Waals surface area contributed by atoms with Crippen LogP contribution in [0.1, 0.15) is 12.8 Å². The summed E-state index contributed by atoms with van der Waals surface area (Å²) in [5.74, 6) is -1.17. The van der Waals surface area contributed by atoms with Gasteiger partial charge in [0.25, 0.3) is 0 Å². The highest BCUT2D eigenvalue weighted by atomic mass is 79.9. The molecule has 8 heteroatoms. The van der Waals surface area contributed by atoms with E-state index >= 15 is 0 Å². The first kappa shape index (κ1) is 18.0. The van der Waals surface area contributed by atoms with Gasteiger partial charge in [-0.3, -0.25) is 9.59 Å². The zero-order valence-corrected chi connectivity index (χ0v) is 13.7. The molecule has 0 aliphatic rings. The summed E-state index contributed by atoms with van der Waals surface area (Å²) in [6, 6.07) is 6.69. The van der Waals surface area contributed by atoms with Gasteiger partial charge in [-0.05, 0) is 24.3 Å². The molecule has 0 atom stereocenters. The Hall–Kier alpha value is -2.09. The minimum atomic E-state index is -0.952. The first-order valence-electron chi connectivity index (χ1n) is 6.64. The summed E-state index contributed by atoms with van der Waals surface area (Å²) in [7, 11) is 1.53. The maximum absolute atomic E-state index is 11.7. The summed E-state index contributed by atoms with van der Waals surface area (Å²) in [5.41, 5.74) is 0.644. The van der Waals surface area contributed by atoms with Crippen molar-refractivity contribution in [3.8, 4) is 0 Å². The molecule has 1 aromatic rings. The first-order chi connectivity index (χ1) is 10.4. The number of nitrogens with zero attached hydrogens (tertiary/aromatic N) is 1. The van der Waals surface area contributed by atoms with E-state index in [9.17, 15) is 14.4 Å². The fourth-order valence-electron chi connectivity index (χ4n) is 1.57. The van der Waals surface area contributed by atoms with Crippen LogP contribution in [0.5, 0.6) is 0 Å². The Morgan fingerprint density at radius 2 is 1.82 bits per heavy atom. The van der Waals surface area contributed by atoms with Crippen molar-refractivity contribution >= 4 is 39.5 Å². The van der Waals surface area contributed by atoms with Crippen molar-refractivity contribution < 1.29 is 19.5 Å². The molecule has 0 fully saturated rings. The molecule has 120 valence electrons. The molecule has 0 saturated carbocycles. The van der Waals surface area contributed by atoms with Crippen molar-refractivity contribution in [3.05, 3.63) is 28.7 Å². The van der Waals surface area contributed by atoms with Gasteiger partial charge >= 0.3 is 12.0 Å². The summed E-state index contributed by atoms with van der Waals surface area (Å²) >= 11 is 3.30. The van der Waals surface area contributed by atoms with E-state index in [2.05, 4.69) is 26.6 Å². The highest BCUT2D eigenvalue weighted by Crippen LogP contribution is 2.13. The van der Waals surface area contributed by atoms with Crippen molar-refractivity contribution in [2.24, 2.45) is 0 Å². The topological polar surface area (TPSA) is 98.7 Å². The normalized spacial score (nSPS) is 9.91. The van der Waals surface area contributed by atoms with Gasteiger partial charge in [-0.15, -0.1) is 0 Å². The molecule has 3 amide bonds. The lowest BCUT2D eigenvalue weighted by atomic mass is 10.3. The summed E-state index contributed by atoms with van der Waals surface area (Å²) in [5, 5.41) is 13.8. The lowest BCUT2D eigenvalue weighted by molar-refractivity contribution is -0.138. The maximum atomic E-state index is 11.7. The van der Waals surface area contributed by atoms with Crippen LogP contribution in [-0.2, 0) is 9.59 Å². The standard InChI is InChI=1S/C14H18BrN3O4/c1-18(9-7-13(20)21)12(19)6-8-16-14(22)17-11-4-2-10(15)3-5-11/h2-5H,6-9H2,1H3,(H,20,21)(H2,16,17,22). The molecular formula is C14H18BrN3O4. The SMILES string of the molecule is CN(CCC(=O)O)C(=O)CCNC(=O)Nc1ccc(Br)cc1. The minimum absolute atomic E-state index is 0.0975. The third-order valence-electron chi connectivity index (χ3n) is 2.81. The van der Waals surface area contributed by atoms with Gasteiger partial charge in [0.15, 0.2) is 0 Å². The zero-order valence-electron chi connectivity index (χ0n) is 12.1. The van der Waals surface area contributed by atoms with E-state index in [1.165, 1.54) is 11.9 Å². The Morgan fingerprint density at radius 3 is 2.41 bits per heavy atom. The number of nitrogens with one attached hydrogen (secondary N) is 2. The molecule has 7 nitrogen and oxygen atoms in total. The fourth-order valence-corrected chi connectivity index (χ4v) is 1.83. The van der Waals surface area contributed by atoms with Crippen molar-refractivity contribution in [2.75, 3.05) is 25.5 Å². The fraction of sp³-hybridized carbons (Fsp3) is 0.357. The first-order valence-corrected chi connectivity index (χ1v) is 7.44. The molecule has 3 N–H and O–H groups in total. The van der Waals surface area contributed by atoms with Gasteiger partial charge in [0.05, 0.1) is 6.42 Å². The summed E-state index contributed by atoms with van der Waals surface area (Å²) in [6.07, 6.45) is 0.0175. The molecule has 1 rings (SSSR count). The summed E-state index contributed by atoms with van der Waals surface area (Å²) in [4.78, 5) is 35.1. The second kappa shape index (κ2) is 9.04. The van der Waals surface area contributed by atoms with E-state index in [4.69, 9.17) is 5.11 Å². The second-order valence-electron chi connectivity index (χ2n) is 4.60. The van der Waals surface area contributed by atoms with Crippen molar-refractivity contribution in [1.82, 2.24) is 10.2 Å². The molecule has 0 spiro atoms. The van der Waals surface area contributed by atoms with Crippen molar-refractivity contribution in [3.63, 3.8) is 0 Å². The predicted molar refractivity (Wildman–Crippen MR) is 85.7 cm³/mol. The van der Waals surface area contributed by atoms with Crippen LogP contribution in [0.15, 0.2) is 28.7 Å². The second-order valence-corrected chi connectivity index (χ2v) is 5.51. The summed E-state index contributed by atoms with van der Waals surface area (Å²) in [6.45, 7) is 0.331. The van der Waals surface area contributed by atoms with E-state index in [1.807, 2.05) is 0 Å². The van der Waals surface area contributed by atoms with E-state index in [0.717, 1.165) is 4.47 Å². The van der Waals surface area contributed by atoms with Crippen molar-refractivity contribution in [1.29, 1.82) is 0 Å². The van der Waals surface area contributed by atoms with Crippen LogP contribution in [0.3, 0.4) is 0 Å². The lowest BCUT2D eigenvalue weighted by Crippen LogP contribution is -2.35. The molecule has 0 aromatic heterocycles. The summed E-state index contributed by atoms with van der Waals surface area (Å²) < 4.78 is 0.911. The molecule has 1 aromatic carbocycles. The van der Waals surface area contributed by atoms with E-state index in [-0.39, 0.29) is 31.8 Å². The maximum Gasteiger partial charge on any atom is 0.319 e. The molecule has 0 radical (unpaired) electrons. The van der Waals surface area contributed by atoms with Gasteiger partial charge in [-0.2, -0.15) is 0 Å². The largest absolute Gasteiger partial charge is 0.481 e. The number of amides is 3. The van der Waals surface area contributed by atoms with Gasteiger partial charge in [0.2, 0.25) is 5.91 Å². The monoisotopic (exact) mass is 371 g/mol. The Labute approximate surface area is 136 Å². The highest BCUT2D eigenvalue weighted by molar-refractivity contribution is 9.10. The number of rotatable bonds is 7. The van der Waals surface area contributed by atoms with Gasteiger partial charge in [-0.1, -0.05) is 15.9 Å². The third kappa shape index (κ3) is 7.07. The number of hydrogen-bond donors (Lipinski definition) is 3. The van der Waals surface area contributed by atoms with Crippen LogP contribution < -0.4 is 10.6 Å². The predicted octanol–water partition coefficient (Wildman–Crippen LogP) is 1.89. The number of carbonyl (C=O) groups excluding carboxylic acids is 2. The Morgan fingerprint density at radius 1 is 1.18 bits per heavy atom. The number of aliphatic carboxylic acids is 1. The van der Waals surface area contributed by atoms with Crippen LogP contribution in [0, 0.1) is 0 Å². The Balaban J connectivity index is 2.25. The number of halogens is 1. The van der Waals surface area contributed by atoms with Gasteiger partial charge < -0.3 is 20.6 Å². The highest BCUT2D eigenvalue weighted by Gasteiger charge is 2.10. The molecule has 0 heterocycles. The average Bonchev–Trinajstić information content (AvgIpc) is 2.47. The van der Waals surface area contributed by atoms with Crippen LogP contribution in [0.2, 0.25) is 0 Å². The number of carbonyl (C=O) groups is 3. The molecule has 0 aliphatic heterocycles. The van der Waals surface area contributed by atoms with Gasteiger partial charge in [-0.25, -0.2) is 4.79 Å². The van der Waals surface area contributed by atoms with E-state index < -0.39 is 12.0 Å². The number of carboxylic acid groups (broad SMARTS) is 1. The number of hydrogen-bond acceptors (Lipinski definition) is 3. The van der Waals surface area contributed by atoms with Crippen LogP contribution in [0.25, 0.3) is 0 Å². The van der Waals surface area contributed by atoms with E-state index in [1.54, 1.807) is 24.3 Å². The van der Waals surface area contributed by atoms with Gasteiger partial charge in [0.1, 0.15) is 0 Å². The average molecular weight is 372 g/mol.